The van der Waals surface area contributed by atoms with E-state index >= 15 is 0 Å². The average Bonchev–Trinajstić information content (AvgIpc) is 2.12. The number of rotatable bonds is 2. The zero-order valence-corrected chi connectivity index (χ0v) is 7.29. The summed E-state index contributed by atoms with van der Waals surface area (Å²) in [5, 5.41) is 18.1. The third kappa shape index (κ3) is 1.79. The lowest BCUT2D eigenvalue weighted by molar-refractivity contribution is 0.264. The molecule has 3 nitrogen and oxygen atoms in total. The summed E-state index contributed by atoms with van der Waals surface area (Å²) in [6.45, 7) is 1.38. The van der Waals surface area contributed by atoms with E-state index in [-0.39, 0.29) is 12.2 Å². The van der Waals surface area contributed by atoms with Gasteiger partial charge in [0.2, 0.25) is 0 Å². The summed E-state index contributed by atoms with van der Waals surface area (Å²) in [5.41, 5.74) is 6.42. The lowest BCUT2D eigenvalue weighted by atomic mass is 10.0. The van der Waals surface area contributed by atoms with Gasteiger partial charge in [-0.15, -0.1) is 0 Å². The molecule has 0 aliphatic rings. The molecule has 0 radical (unpaired) electrons. The fraction of sp³-hybridized carbons (Fsp3) is 0.333. The normalized spacial score (nSPS) is 12.9. The summed E-state index contributed by atoms with van der Waals surface area (Å²) in [6, 6.07) is 1.94. The number of phenols is 1. The molecule has 0 spiro atoms. The van der Waals surface area contributed by atoms with Crippen LogP contribution in [-0.4, -0.2) is 16.8 Å². The van der Waals surface area contributed by atoms with Crippen molar-refractivity contribution >= 4 is 0 Å². The predicted molar refractivity (Wildman–Crippen MR) is 46.8 cm³/mol. The summed E-state index contributed by atoms with van der Waals surface area (Å²) in [6.07, 6.45) is 0. The van der Waals surface area contributed by atoms with Crippen molar-refractivity contribution in [3.63, 3.8) is 0 Å². The van der Waals surface area contributed by atoms with Crippen LogP contribution in [0.3, 0.4) is 0 Å². The average molecular weight is 185 g/mol. The summed E-state index contributed by atoms with van der Waals surface area (Å²) < 4.78 is 12.9. The molecular weight excluding hydrogens is 173 g/mol. The molecule has 1 atom stereocenters. The molecule has 0 heterocycles. The summed E-state index contributed by atoms with van der Waals surface area (Å²) in [4.78, 5) is 0. The molecule has 4 heteroatoms. The molecule has 0 saturated heterocycles. The third-order valence-corrected chi connectivity index (χ3v) is 1.95. The van der Waals surface area contributed by atoms with Gasteiger partial charge < -0.3 is 15.9 Å². The van der Waals surface area contributed by atoms with Crippen LogP contribution in [0.2, 0.25) is 0 Å². The molecule has 0 aromatic heterocycles. The number of hydrogen-bond donors (Lipinski definition) is 3. The second-order valence-electron chi connectivity index (χ2n) is 2.92. The first-order valence-corrected chi connectivity index (χ1v) is 3.92. The zero-order chi connectivity index (χ0) is 10.0. The van der Waals surface area contributed by atoms with Crippen molar-refractivity contribution in [1.29, 1.82) is 0 Å². The molecule has 1 aromatic carbocycles. The molecule has 13 heavy (non-hydrogen) atoms. The highest BCUT2D eigenvalue weighted by Crippen LogP contribution is 2.28. The van der Waals surface area contributed by atoms with Crippen LogP contribution in [0.15, 0.2) is 12.1 Å². The highest BCUT2D eigenvalue weighted by molar-refractivity contribution is 5.41. The van der Waals surface area contributed by atoms with E-state index in [1.54, 1.807) is 6.92 Å². The molecule has 0 aliphatic heterocycles. The lowest BCUT2D eigenvalue weighted by Gasteiger charge is -2.13. The van der Waals surface area contributed by atoms with Crippen LogP contribution in [-0.2, 0) is 0 Å². The maximum absolute atomic E-state index is 12.9. The number of aryl methyl sites for hydroxylation is 1. The second-order valence-corrected chi connectivity index (χ2v) is 2.92. The van der Waals surface area contributed by atoms with Gasteiger partial charge in [0.15, 0.2) is 11.6 Å². The third-order valence-electron chi connectivity index (χ3n) is 1.95. The fourth-order valence-electron chi connectivity index (χ4n) is 1.24. The van der Waals surface area contributed by atoms with Crippen LogP contribution in [0, 0.1) is 12.7 Å². The van der Waals surface area contributed by atoms with Gasteiger partial charge >= 0.3 is 0 Å². The molecule has 4 N–H and O–H groups in total. The van der Waals surface area contributed by atoms with Crippen LogP contribution in [0.4, 0.5) is 4.39 Å². The Morgan fingerprint density at radius 3 is 2.69 bits per heavy atom. The number of aliphatic hydroxyl groups is 1. The molecule has 1 rings (SSSR count). The van der Waals surface area contributed by atoms with Crippen molar-refractivity contribution in [1.82, 2.24) is 0 Å². The molecule has 1 aromatic rings. The van der Waals surface area contributed by atoms with Crippen LogP contribution >= 0.6 is 0 Å². The van der Waals surface area contributed by atoms with E-state index in [0.717, 1.165) is 6.07 Å². The highest BCUT2D eigenvalue weighted by atomic mass is 19.1. The quantitative estimate of drug-likeness (QED) is 0.639. The fourth-order valence-corrected chi connectivity index (χ4v) is 1.24. The van der Waals surface area contributed by atoms with Crippen LogP contribution < -0.4 is 5.73 Å². The van der Waals surface area contributed by atoms with E-state index in [1.165, 1.54) is 6.07 Å². The Hall–Kier alpha value is -1.13. The minimum absolute atomic E-state index is 0.266. The number of benzene rings is 1. The monoisotopic (exact) mass is 185 g/mol. The summed E-state index contributed by atoms with van der Waals surface area (Å²) >= 11 is 0. The van der Waals surface area contributed by atoms with Gasteiger partial charge in [0.1, 0.15) is 0 Å². The second kappa shape index (κ2) is 3.72. The zero-order valence-electron chi connectivity index (χ0n) is 7.29. The Kier molecular flexibility index (Phi) is 2.85. The summed E-state index contributed by atoms with van der Waals surface area (Å²) in [5.74, 6) is -1.19. The van der Waals surface area contributed by atoms with Crippen molar-refractivity contribution < 1.29 is 14.6 Å². The lowest BCUT2D eigenvalue weighted by Crippen LogP contribution is -2.16. The SMILES string of the molecule is Cc1ccc(F)c(O)c1C(N)CO. The van der Waals surface area contributed by atoms with Gasteiger partial charge in [-0.2, -0.15) is 0 Å². The molecule has 0 aliphatic carbocycles. The largest absolute Gasteiger partial charge is 0.505 e. The van der Waals surface area contributed by atoms with Gasteiger partial charge in [-0.05, 0) is 18.6 Å². The van der Waals surface area contributed by atoms with Crippen molar-refractivity contribution in [2.45, 2.75) is 13.0 Å². The molecule has 0 bridgehead atoms. The number of hydrogen-bond acceptors (Lipinski definition) is 3. The Labute approximate surface area is 75.6 Å². The van der Waals surface area contributed by atoms with Gasteiger partial charge in [-0.25, -0.2) is 4.39 Å². The Balaban J connectivity index is 3.25. The molecule has 72 valence electrons. The molecular formula is C9H12FNO2. The molecule has 0 saturated carbocycles. The Morgan fingerprint density at radius 2 is 2.15 bits per heavy atom. The Morgan fingerprint density at radius 1 is 1.54 bits per heavy atom. The van der Waals surface area contributed by atoms with E-state index < -0.39 is 17.6 Å². The van der Waals surface area contributed by atoms with Crippen LogP contribution in [0.25, 0.3) is 0 Å². The summed E-state index contributed by atoms with van der Waals surface area (Å²) in [7, 11) is 0. The van der Waals surface area contributed by atoms with Crippen molar-refractivity contribution in [3.05, 3.63) is 29.1 Å². The Bertz CT molecular complexity index is 315. The number of aliphatic hydroxyl groups excluding tert-OH is 1. The van der Waals surface area contributed by atoms with Crippen LogP contribution in [0.5, 0.6) is 5.75 Å². The molecule has 1 unspecified atom stereocenters. The maximum Gasteiger partial charge on any atom is 0.165 e. The van der Waals surface area contributed by atoms with E-state index in [1.807, 2.05) is 0 Å². The number of phenolic OH excluding ortho intramolecular Hbond substituents is 1. The van der Waals surface area contributed by atoms with Gasteiger partial charge in [-0.1, -0.05) is 6.07 Å². The van der Waals surface area contributed by atoms with E-state index in [9.17, 15) is 9.50 Å². The topological polar surface area (TPSA) is 66.5 Å². The van der Waals surface area contributed by atoms with Crippen molar-refractivity contribution in [2.75, 3.05) is 6.61 Å². The molecule has 0 amide bonds. The van der Waals surface area contributed by atoms with Gasteiger partial charge in [0, 0.05) is 5.56 Å². The van der Waals surface area contributed by atoms with Crippen molar-refractivity contribution in [3.8, 4) is 5.75 Å². The van der Waals surface area contributed by atoms with E-state index in [2.05, 4.69) is 0 Å². The molecule has 0 fully saturated rings. The van der Waals surface area contributed by atoms with E-state index in [4.69, 9.17) is 10.8 Å². The standard InChI is InChI=1S/C9H12FNO2/c1-5-2-3-6(10)9(13)8(5)7(11)4-12/h2-3,7,12-13H,4,11H2,1H3. The smallest absolute Gasteiger partial charge is 0.165 e. The number of aromatic hydroxyl groups is 1. The minimum Gasteiger partial charge on any atom is -0.505 e. The first kappa shape index (κ1) is 9.95. The van der Waals surface area contributed by atoms with Gasteiger partial charge in [0.25, 0.3) is 0 Å². The minimum atomic E-state index is -0.740. The van der Waals surface area contributed by atoms with Crippen LogP contribution in [0.1, 0.15) is 17.2 Å². The van der Waals surface area contributed by atoms with E-state index in [0.29, 0.717) is 5.56 Å². The first-order chi connectivity index (χ1) is 6.07. The first-order valence-electron chi connectivity index (χ1n) is 3.92. The van der Waals surface area contributed by atoms with Gasteiger partial charge in [-0.3, -0.25) is 0 Å². The maximum atomic E-state index is 12.9. The van der Waals surface area contributed by atoms with Crippen molar-refractivity contribution in [2.24, 2.45) is 5.73 Å². The number of halogens is 1. The predicted octanol–water partition coefficient (Wildman–Crippen LogP) is 0.832. The number of nitrogens with two attached hydrogens (primary N) is 1. The highest BCUT2D eigenvalue weighted by Gasteiger charge is 2.15. The van der Waals surface area contributed by atoms with Gasteiger partial charge in [0.05, 0.1) is 12.6 Å².